The van der Waals surface area contributed by atoms with Crippen LogP contribution in [0.15, 0.2) is 36.5 Å². The molecule has 0 radical (unpaired) electrons. The van der Waals surface area contributed by atoms with E-state index in [1.807, 2.05) is 0 Å². The number of carboxylic acid groups (broad SMARTS) is 1. The van der Waals surface area contributed by atoms with E-state index in [9.17, 15) is 4.79 Å². The van der Waals surface area contributed by atoms with Crippen LogP contribution in [-0.2, 0) is 0 Å². The molecule has 8 heteroatoms. The second-order valence-corrected chi connectivity index (χ2v) is 6.22. The van der Waals surface area contributed by atoms with Crippen LogP contribution in [0.2, 0.25) is 0 Å². The summed E-state index contributed by atoms with van der Waals surface area (Å²) in [7, 11) is 0. The van der Waals surface area contributed by atoms with Crippen LogP contribution in [0.3, 0.4) is 0 Å². The lowest BCUT2D eigenvalue weighted by molar-refractivity contribution is 0.0697. The summed E-state index contributed by atoms with van der Waals surface area (Å²) in [5.41, 5.74) is 0.851. The standard InChI is InChI=1S/C18H19N5O3/c24-18(25)11-3-5-13(6-4-11)26-14-7-9-20-16-15(14)17(23-22-16)21-12-2-1-8-19-10-12/h3-7,9,12,19H,1-2,8,10H2,(H,24,25)(H2,20,21,22,23). The smallest absolute Gasteiger partial charge is 0.335 e. The third-order valence-electron chi connectivity index (χ3n) is 4.39. The Labute approximate surface area is 149 Å². The lowest BCUT2D eigenvalue weighted by Crippen LogP contribution is -2.38. The molecule has 4 rings (SSSR count). The van der Waals surface area contributed by atoms with Crippen LogP contribution in [-0.4, -0.2) is 45.4 Å². The average Bonchev–Trinajstić information content (AvgIpc) is 3.07. The molecular formula is C18H19N5O3. The third-order valence-corrected chi connectivity index (χ3v) is 4.39. The molecule has 2 aromatic heterocycles. The summed E-state index contributed by atoms with van der Waals surface area (Å²) in [5, 5.41) is 23.9. The first kappa shape index (κ1) is 16.3. The first-order chi connectivity index (χ1) is 12.7. The quantitative estimate of drug-likeness (QED) is 0.558. The number of carbonyl (C=O) groups is 1. The van der Waals surface area contributed by atoms with Gasteiger partial charge in [0.1, 0.15) is 16.9 Å². The second-order valence-electron chi connectivity index (χ2n) is 6.22. The molecule has 3 aromatic rings. The fraction of sp³-hybridized carbons (Fsp3) is 0.278. The number of hydrogen-bond acceptors (Lipinski definition) is 6. The fourth-order valence-corrected chi connectivity index (χ4v) is 3.07. The van der Waals surface area contributed by atoms with Crippen LogP contribution >= 0.6 is 0 Å². The summed E-state index contributed by atoms with van der Waals surface area (Å²) >= 11 is 0. The van der Waals surface area contributed by atoms with E-state index in [4.69, 9.17) is 9.84 Å². The zero-order valence-electron chi connectivity index (χ0n) is 14.0. The van der Waals surface area contributed by atoms with Gasteiger partial charge in [-0.25, -0.2) is 9.78 Å². The zero-order valence-corrected chi connectivity index (χ0v) is 14.0. The molecule has 1 aliphatic rings. The Kier molecular flexibility index (Phi) is 4.40. The molecule has 134 valence electrons. The van der Waals surface area contributed by atoms with Crippen molar-refractivity contribution in [1.82, 2.24) is 20.5 Å². The van der Waals surface area contributed by atoms with Gasteiger partial charge in [0, 0.05) is 24.8 Å². The minimum atomic E-state index is -0.967. The molecular weight excluding hydrogens is 334 g/mol. The van der Waals surface area contributed by atoms with Crippen molar-refractivity contribution in [3.05, 3.63) is 42.1 Å². The Bertz CT molecular complexity index is 916. The predicted molar refractivity (Wildman–Crippen MR) is 96.9 cm³/mol. The van der Waals surface area contributed by atoms with E-state index in [-0.39, 0.29) is 5.56 Å². The van der Waals surface area contributed by atoms with E-state index in [1.165, 1.54) is 12.1 Å². The Morgan fingerprint density at radius 1 is 1.27 bits per heavy atom. The minimum Gasteiger partial charge on any atom is -0.478 e. The lowest BCUT2D eigenvalue weighted by Gasteiger charge is -2.23. The van der Waals surface area contributed by atoms with Crippen LogP contribution < -0.4 is 15.4 Å². The van der Waals surface area contributed by atoms with Crippen molar-refractivity contribution in [2.24, 2.45) is 0 Å². The highest BCUT2D eigenvalue weighted by Gasteiger charge is 2.18. The molecule has 1 fully saturated rings. The van der Waals surface area contributed by atoms with Gasteiger partial charge in [0.25, 0.3) is 0 Å². The van der Waals surface area contributed by atoms with E-state index in [0.29, 0.717) is 29.0 Å². The van der Waals surface area contributed by atoms with Gasteiger partial charge in [-0.3, -0.25) is 5.10 Å². The van der Waals surface area contributed by atoms with E-state index in [1.54, 1.807) is 24.4 Å². The number of anilines is 1. The van der Waals surface area contributed by atoms with Crippen molar-refractivity contribution in [3.63, 3.8) is 0 Å². The number of aromatic nitrogens is 3. The first-order valence-electron chi connectivity index (χ1n) is 8.52. The molecule has 0 spiro atoms. The van der Waals surface area contributed by atoms with Crippen molar-refractivity contribution in [2.75, 3.05) is 18.4 Å². The maximum atomic E-state index is 11.0. The number of fused-ring (bicyclic) bond motifs is 1. The SMILES string of the molecule is O=C(O)c1ccc(Oc2ccnc3[nH]nc(NC4CCCNC4)c23)cc1. The van der Waals surface area contributed by atoms with Crippen molar-refractivity contribution >= 4 is 22.8 Å². The predicted octanol–water partition coefficient (Wildman–Crippen LogP) is 2.61. The summed E-state index contributed by atoms with van der Waals surface area (Å²) in [5.74, 6) is 0.899. The number of H-pyrrole nitrogens is 1. The highest BCUT2D eigenvalue weighted by molar-refractivity contribution is 5.93. The monoisotopic (exact) mass is 353 g/mol. The molecule has 1 unspecified atom stereocenters. The summed E-state index contributed by atoms with van der Waals surface area (Å²) in [6.45, 7) is 1.93. The molecule has 1 atom stereocenters. The minimum absolute atomic E-state index is 0.215. The first-order valence-corrected chi connectivity index (χ1v) is 8.52. The highest BCUT2D eigenvalue weighted by Crippen LogP contribution is 2.33. The number of ether oxygens (including phenoxy) is 1. The summed E-state index contributed by atoms with van der Waals surface area (Å²) in [4.78, 5) is 15.3. The van der Waals surface area contributed by atoms with Crippen molar-refractivity contribution in [1.29, 1.82) is 0 Å². The second kappa shape index (κ2) is 7.01. The van der Waals surface area contributed by atoms with Crippen molar-refractivity contribution in [3.8, 4) is 11.5 Å². The van der Waals surface area contributed by atoms with Gasteiger partial charge >= 0.3 is 5.97 Å². The lowest BCUT2D eigenvalue weighted by atomic mass is 10.1. The molecule has 1 aromatic carbocycles. The van der Waals surface area contributed by atoms with Gasteiger partial charge < -0.3 is 20.5 Å². The average molecular weight is 353 g/mol. The largest absolute Gasteiger partial charge is 0.478 e. The van der Waals surface area contributed by atoms with Crippen LogP contribution in [0.25, 0.3) is 11.0 Å². The Morgan fingerprint density at radius 2 is 2.12 bits per heavy atom. The van der Waals surface area contributed by atoms with E-state index in [2.05, 4.69) is 25.8 Å². The summed E-state index contributed by atoms with van der Waals surface area (Å²) < 4.78 is 5.97. The molecule has 0 bridgehead atoms. The highest BCUT2D eigenvalue weighted by atomic mass is 16.5. The Hall–Kier alpha value is -3.13. The summed E-state index contributed by atoms with van der Waals surface area (Å²) in [6, 6.07) is 8.37. The van der Waals surface area contributed by atoms with Crippen molar-refractivity contribution in [2.45, 2.75) is 18.9 Å². The number of rotatable bonds is 5. The van der Waals surface area contributed by atoms with Crippen LogP contribution in [0, 0.1) is 0 Å². The van der Waals surface area contributed by atoms with E-state index >= 15 is 0 Å². The van der Waals surface area contributed by atoms with Gasteiger partial charge in [0.15, 0.2) is 11.5 Å². The molecule has 8 nitrogen and oxygen atoms in total. The van der Waals surface area contributed by atoms with Gasteiger partial charge in [-0.05, 0) is 43.7 Å². The number of nitrogens with zero attached hydrogens (tertiary/aromatic N) is 2. The molecule has 1 saturated heterocycles. The molecule has 4 N–H and O–H groups in total. The van der Waals surface area contributed by atoms with Gasteiger partial charge in [0.05, 0.1) is 5.56 Å². The van der Waals surface area contributed by atoms with Crippen LogP contribution in [0.1, 0.15) is 23.2 Å². The number of nitrogens with one attached hydrogen (secondary N) is 3. The number of carboxylic acids is 1. The maximum Gasteiger partial charge on any atom is 0.335 e. The van der Waals surface area contributed by atoms with E-state index < -0.39 is 5.97 Å². The molecule has 0 saturated carbocycles. The number of aromatic carboxylic acids is 1. The fourth-order valence-electron chi connectivity index (χ4n) is 3.07. The normalized spacial score (nSPS) is 17.2. The zero-order chi connectivity index (χ0) is 17.9. The van der Waals surface area contributed by atoms with Crippen LogP contribution in [0.5, 0.6) is 11.5 Å². The van der Waals surface area contributed by atoms with Gasteiger partial charge in [0.2, 0.25) is 0 Å². The Morgan fingerprint density at radius 3 is 2.85 bits per heavy atom. The van der Waals surface area contributed by atoms with Crippen LogP contribution in [0.4, 0.5) is 5.82 Å². The van der Waals surface area contributed by atoms with E-state index in [0.717, 1.165) is 31.3 Å². The van der Waals surface area contributed by atoms with Gasteiger partial charge in [-0.2, -0.15) is 5.10 Å². The third kappa shape index (κ3) is 3.31. The molecule has 1 aliphatic heterocycles. The molecule has 0 aliphatic carbocycles. The number of aromatic amines is 1. The molecule has 26 heavy (non-hydrogen) atoms. The number of pyridine rings is 1. The van der Waals surface area contributed by atoms with Crippen molar-refractivity contribution < 1.29 is 14.6 Å². The number of benzene rings is 1. The maximum absolute atomic E-state index is 11.0. The van der Waals surface area contributed by atoms with Gasteiger partial charge in [-0.15, -0.1) is 0 Å². The number of piperidine rings is 1. The van der Waals surface area contributed by atoms with Gasteiger partial charge in [-0.1, -0.05) is 0 Å². The number of hydrogen-bond donors (Lipinski definition) is 4. The topological polar surface area (TPSA) is 112 Å². The molecule has 0 amide bonds. The Balaban J connectivity index is 1.61. The molecule has 3 heterocycles. The summed E-state index contributed by atoms with van der Waals surface area (Å²) in [6.07, 6.45) is 3.85.